The van der Waals surface area contributed by atoms with Gasteiger partial charge in [-0.05, 0) is 49.9 Å². The Morgan fingerprint density at radius 1 is 0.784 bits per heavy atom. The van der Waals surface area contributed by atoms with Crippen molar-refractivity contribution < 1.29 is 113 Å². The van der Waals surface area contributed by atoms with Gasteiger partial charge >= 0.3 is 18.0 Å². The number of ether oxygens (including phenoxy) is 8. The number of amides is 3. The molecule has 412 valence electrons. The lowest BCUT2D eigenvalue weighted by atomic mass is 9.88. The monoisotopic (exact) mass is 1050 g/mol. The molecule has 13 N–H and O–H groups in total. The number of aliphatic hydroxyl groups excluding tert-OH is 9. The fraction of sp³-hybridized carbons (Fsp3) is 0.646. The highest BCUT2D eigenvalue weighted by molar-refractivity contribution is 5.83. The van der Waals surface area contributed by atoms with Crippen LogP contribution in [0.4, 0.5) is 4.79 Å². The van der Waals surface area contributed by atoms with Crippen LogP contribution in [0.3, 0.4) is 0 Å². The number of carbonyl (C=O) groups is 5. The Labute approximate surface area is 424 Å². The zero-order chi connectivity index (χ0) is 54.6. The SMILES string of the molecule is CC(=O)N[C@H]1[C@@H](O[C@H](C)[C@H](NC(=O)OCC2c3ccccc3-c3ccccc32)C(=O)OC(C)(C)C)O[C@H](CO)[C@H](O)[C@@H]1O[C@@H]1O[C@H](CO)[C@H](O)[C@H](O[C@]2(C(=O)O)C[C@H](O)[C@@H](NC(C)=O)[C@H]([C@H](O)[C@H](O)CO)O2)[C@H]1O. The molecule has 3 heterocycles. The number of alkyl carbamates (subject to hydrolysis) is 1. The number of rotatable bonds is 19. The summed E-state index contributed by atoms with van der Waals surface area (Å²) in [5, 5.41) is 115. The second-order valence-corrected chi connectivity index (χ2v) is 19.5. The first kappa shape index (κ1) is 58.3. The van der Waals surface area contributed by atoms with Crippen LogP contribution in [0.5, 0.6) is 0 Å². The van der Waals surface area contributed by atoms with Gasteiger partial charge in [0, 0.05) is 26.2 Å². The van der Waals surface area contributed by atoms with E-state index in [1.165, 1.54) is 6.92 Å². The maximum Gasteiger partial charge on any atom is 0.407 e. The van der Waals surface area contributed by atoms with E-state index in [2.05, 4.69) is 16.0 Å². The number of carboxylic acid groups (broad SMARTS) is 1. The first-order valence-corrected chi connectivity index (χ1v) is 23.9. The first-order valence-electron chi connectivity index (χ1n) is 23.9. The van der Waals surface area contributed by atoms with E-state index < -0.39 is 171 Å². The van der Waals surface area contributed by atoms with Crippen molar-refractivity contribution in [2.45, 2.75) is 169 Å². The molecule has 0 saturated carbocycles. The molecule has 6 rings (SSSR count). The van der Waals surface area contributed by atoms with Gasteiger partial charge in [-0.15, -0.1) is 0 Å². The lowest BCUT2D eigenvalue weighted by Crippen LogP contribution is -2.71. The van der Waals surface area contributed by atoms with E-state index in [1.807, 2.05) is 48.5 Å². The van der Waals surface area contributed by atoms with Gasteiger partial charge in [0.2, 0.25) is 11.8 Å². The second kappa shape index (κ2) is 24.3. The highest BCUT2D eigenvalue weighted by atomic mass is 16.8. The fourth-order valence-corrected chi connectivity index (χ4v) is 9.45. The third-order valence-corrected chi connectivity index (χ3v) is 12.9. The number of aliphatic hydroxyl groups is 9. The molecule has 2 aromatic carbocycles. The van der Waals surface area contributed by atoms with Crippen molar-refractivity contribution in [1.29, 1.82) is 0 Å². The Morgan fingerprint density at radius 3 is 1.85 bits per heavy atom. The summed E-state index contributed by atoms with van der Waals surface area (Å²) >= 11 is 0. The average Bonchev–Trinajstić information content (AvgIpc) is 3.66. The Hall–Kier alpha value is -5.01. The highest BCUT2D eigenvalue weighted by Crippen LogP contribution is 2.45. The van der Waals surface area contributed by atoms with Gasteiger partial charge < -0.3 is 105 Å². The number of aliphatic carboxylic acids is 1. The van der Waals surface area contributed by atoms with Crippen LogP contribution < -0.4 is 16.0 Å². The van der Waals surface area contributed by atoms with Crippen molar-refractivity contribution in [2.75, 3.05) is 26.4 Å². The summed E-state index contributed by atoms with van der Waals surface area (Å²) in [6.45, 7) is 4.89. The Balaban J connectivity index is 1.26. The summed E-state index contributed by atoms with van der Waals surface area (Å²) < 4.78 is 46.7. The molecule has 3 fully saturated rings. The number of esters is 1. The Kier molecular flexibility index (Phi) is 19.2. The third-order valence-electron chi connectivity index (χ3n) is 12.9. The summed E-state index contributed by atoms with van der Waals surface area (Å²) in [7, 11) is 0. The second-order valence-electron chi connectivity index (χ2n) is 19.5. The maximum absolute atomic E-state index is 13.9. The van der Waals surface area contributed by atoms with Gasteiger partial charge in [0.05, 0.1) is 38.1 Å². The lowest BCUT2D eigenvalue weighted by molar-refractivity contribution is -0.382. The van der Waals surface area contributed by atoms with Gasteiger partial charge in [0.1, 0.15) is 79.3 Å². The van der Waals surface area contributed by atoms with Crippen molar-refractivity contribution >= 4 is 29.8 Å². The predicted molar refractivity (Wildman–Crippen MR) is 248 cm³/mol. The number of carbonyl (C=O) groups excluding carboxylic acids is 4. The molecular weight excluding hydrogens is 987 g/mol. The molecule has 4 aliphatic rings. The molecule has 3 amide bonds. The zero-order valence-corrected chi connectivity index (χ0v) is 41.3. The molecule has 1 aliphatic carbocycles. The van der Waals surface area contributed by atoms with Crippen molar-refractivity contribution in [3.63, 3.8) is 0 Å². The molecule has 18 atom stereocenters. The largest absolute Gasteiger partial charge is 0.477 e. The minimum Gasteiger partial charge on any atom is -0.477 e. The molecule has 2 aromatic rings. The molecule has 0 unspecified atom stereocenters. The number of hydrogen-bond acceptors (Lipinski definition) is 22. The summed E-state index contributed by atoms with van der Waals surface area (Å²) in [6, 6.07) is 10.3. The summed E-state index contributed by atoms with van der Waals surface area (Å²) in [6.07, 6.45) is -29.7. The minimum atomic E-state index is -3.14. The summed E-state index contributed by atoms with van der Waals surface area (Å²) in [5.74, 6) is -8.11. The molecular formula is C48H67N3O23. The third kappa shape index (κ3) is 13.0. The van der Waals surface area contributed by atoms with Crippen LogP contribution in [-0.2, 0) is 57.1 Å². The van der Waals surface area contributed by atoms with Crippen molar-refractivity contribution in [2.24, 2.45) is 0 Å². The smallest absolute Gasteiger partial charge is 0.407 e. The molecule has 0 spiro atoms. The summed E-state index contributed by atoms with van der Waals surface area (Å²) in [5.41, 5.74) is 2.68. The molecule has 0 aromatic heterocycles. The maximum atomic E-state index is 13.9. The van der Waals surface area contributed by atoms with E-state index >= 15 is 0 Å². The van der Waals surface area contributed by atoms with Crippen LogP contribution in [0.2, 0.25) is 0 Å². The Morgan fingerprint density at radius 2 is 1.32 bits per heavy atom. The number of benzene rings is 2. The van der Waals surface area contributed by atoms with Gasteiger partial charge in [0.15, 0.2) is 18.6 Å². The van der Waals surface area contributed by atoms with E-state index in [4.69, 9.17) is 37.9 Å². The molecule has 74 heavy (non-hydrogen) atoms. The van der Waals surface area contributed by atoms with E-state index in [0.717, 1.165) is 36.1 Å². The lowest BCUT2D eigenvalue weighted by Gasteiger charge is -2.51. The van der Waals surface area contributed by atoms with Crippen molar-refractivity contribution in [3.8, 4) is 11.1 Å². The van der Waals surface area contributed by atoms with Crippen LogP contribution in [0.25, 0.3) is 11.1 Å². The number of hydrogen-bond donors (Lipinski definition) is 13. The summed E-state index contributed by atoms with van der Waals surface area (Å²) in [4.78, 5) is 65.5. The van der Waals surface area contributed by atoms with Gasteiger partial charge in [-0.2, -0.15) is 0 Å². The molecule has 3 saturated heterocycles. The van der Waals surface area contributed by atoms with Crippen LogP contribution in [0, 0.1) is 0 Å². The van der Waals surface area contributed by atoms with Gasteiger partial charge in [-0.25, -0.2) is 14.4 Å². The molecule has 26 nitrogen and oxygen atoms in total. The van der Waals surface area contributed by atoms with Crippen LogP contribution in [-0.4, -0.2) is 223 Å². The van der Waals surface area contributed by atoms with Crippen LogP contribution in [0.1, 0.15) is 65.0 Å². The zero-order valence-electron chi connectivity index (χ0n) is 41.3. The topological polar surface area (TPSA) is 398 Å². The molecule has 3 aliphatic heterocycles. The Bertz CT molecular complexity index is 2240. The number of fused-ring (bicyclic) bond motifs is 3. The predicted octanol–water partition coefficient (Wildman–Crippen LogP) is -3.42. The van der Waals surface area contributed by atoms with E-state index in [0.29, 0.717) is 0 Å². The van der Waals surface area contributed by atoms with Crippen molar-refractivity contribution in [1.82, 2.24) is 16.0 Å². The molecule has 0 bridgehead atoms. The molecule has 0 radical (unpaired) electrons. The quantitative estimate of drug-likeness (QED) is 0.0609. The standard InChI is InChI=1S/C48H67N3O23/c1-20(32(42(63)74-47(4,5)6)51-46(66)67-19-27-25-13-9-7-11-23(25)24-12-8-10-14-26(24)27)68-43-34(50-22(3)56)39(36(60)30(17-53)69-43)71-44-38(62)41(37(61)31(18-54)70-44)73-48(45(64)65)15-28(57)33(49-21(2)55)40(72-48)35(59)29(58)16-52/h7-14,20,27-41,43-44,52-54,57-62H,15-19H2,1-6H3,(H,49,55)(H,50,56)(H,51,66)(H,64,65)/t20-,28+,29-,30-,31-,32+,33-,34-,35-,36+,37+,38-,39-,40-,41+,43+,44+,48+/m1/s1. The van der Waals surface area contributed by atoms with Crippen LogP contribution >= 0.6 is 0 Å². The normalized spacial score (nSPS) is 32.7. The van der Waals surface area contributed by atoms with Gasteiger partial charge in [-0.3, -0.25) is 9.59 Å². The van der Waals surface area contributed by atoms with E-state index in [1.54, 1.807) is 20.8 Å². The fourth-order valence-electron chi connectivity index (χ4n) is 9.45. The first-order chi connectivity index (χ1) is 34.8. The van der Waals surface area contributed by atoms with Crippen LogP contribution in [0.15, 0.2) is 48.5 Å². The van der Waals surface area contributed by atoms with Gasteiger partial charge in [-0.1, -0.05) is 48.5 Å². The number of carboxylic acids is 1. The van der Waals surface area contributed by atoms with Gasteiger partial charge in [0.25, 0.3) is 5.79 Å². The minimum absolute atomic E-state index is 0.138. The molecule has 26 heteroatoms. The highest BCUT2D eigenvalue weighted by Gasteiger charge is 2.60. The van der Waals surface area contributed by atoms with Crippen molar-refractivity contribution in [3.05, 3.63) is 59.7 Å². The average molecular weight is 1050 g/mol. The van der Waals surface area contributed by atoms with E-state index in [-0.39, 0.29) is 12.5 Å². The number of nitrogens with one attached hydrogen (secondary N) is 3. The van der Waals surface area contributed by atoms with E-state index in [9.17, 15) is 75.0 Å².